The van der Waals surface area contributed by atoms with Crippen LogP contribution in [0.1, 0.15) is 43.4 Å². The van der Waals surface area contributed by atoms with Crippen LogP contribution in [0.5, 0.6) is 0 Å². The van der Waals surface area contributed by atoms with Gasteiger partial charge in [0.25, 0.3) is 0 Å². The van der Waals surface area contributed by atoms with Gasteiger partial charge >= 0.3 is 6.03 Å². The molecule has 4 rings (SSSR count). The molecule has 1 fully saturated rings. The number of pyridine rings is 1. The predicted octanol–water partition coefficient (Wildman–Crippen LogP) is 3.55. The van der Waals surface area contributed by atoms with Crippen molar-refractivity contribution in [3.05, 3.63) is 54.6 Å². The van der Waals surface area contributed by atoms with Gasteiger partial charge in [0.05, 0.1) is 18.8 Å². The van der Waals surface area contributed by atoms with E-state index in [1.165, 1.54) is 0 Å². The molecule has 3 aromatic heterocycles. The van der Waals surface area contributed by atoms with Crippen LogP contribution in [0.25, 0.3) is 11.4 Å². The molecule has 140 valence electrons. The van der Waals surface area contributed by atoms with Crippen LogP contribution >= 0.6 is 0 Å². The van der Waals surface area contributed by atoms with Crippen molar-refractivity contribution < 1.29 is 13.7 Å². The van der Waals surface area contributed by atoms with Crippen molar-refractivity contribution in [1.82, 2.24) is 25.3 Å². The Morgan fingerprint density at radius 2 is 2.22 bits per heavy atom. The first kappa shape index (κ1) is 17.3. The van der Waals surface area contributed by atoms with Gasteiger partial charge < -0.3 is 19.2 Å². The van der Waals surface area contributed by atoms with Gasteiger partial charge in [0.2, 0.25) is 11.7 Å². The Labute approximate surface area is 156 Å². The zero-order chi connectivity index (χ0) is 18.5. The molecule has 3 aromatic rings. The zero-order valence-electron chi connectivity index (χ0n) is 14.9. The predicted molar refractivity (Wildman–Crippen MR) is 96.4 cm³/mol. The van der Waals surface area contributed by atoms with E-state index in [4.69, 9.17) is 8.94 Å². The van der Waals surface area contributed by atoms with Gasteiger partial charge in [-0.05, 0) is 37.1 Å². The maximum atomic E-state index is 12.8. The van der Waals surface area contributed by atoms with Gasteiger partial charge in [0.1, 0.15) is 5.76 Å². The molecule has 1 atom stereocenters. The summed E-state index contributed by atoms with van der Waals surface area (Å²) >= 11 is 0. The van der Waals surface area contributed by atoms with Gasteiger partial charge in [-0.15, -0.1) is 0 Å². The van der Waals surface area contributed by atoms with E-state index in [1.54, 1.807) is 24.7 Å². The number of carbonyl (C=O) groups is 1. The molecule has 8 heteroatoms. The highest BCUT2D eigenvalue weighted by atomic mass is 16.5. The van der Waals surface area contributed by atoms with Gasteiger partial charge in [0, 0.05) is 24.5 Å². The molecule has 0 radical (unpaired) electrons. The van der Waals surface area contributed by atoms with E-state index in [0.29, 0.717) is 18.3 Å². The van der Waals surface area contributed by atoms with Gasteiger partial charge in [-0.2, -0.15) is 4.98 Å². The second-order valence-corrected chi connectivity index (χ2v) is 6.49. The van der Waals surface area contributed by atoms with E-state index in [-0.39, 0.29) is 18.6 Å². The van der Waals surface area contributed by atoms with Gasteiger partial charge in [-0.3, -0.25) is 4.98 Å². The quantitative estimate of drug-likeness (QED) is 0.757. The third-order valence-corrected chi connectivity index (χ3v) is 4.66. The number of furan rings is 1. The van der Waals surface area contributed by atoms with Gasteiger partial charge in [0.15, 0.2) is 0 Å². The van der Waals surface area contributed by atoms with Crippen molar-refractivity contribution in [3.8, 4) is 11.4 Å². The molecular weight excluding hydrogens is 346 g/mol. The molecule has 2 amide bonds. The molecule has 0 aromatic carbocycles. The van der Waals surface area contributed by atoms with Crippen LogP contribution in [0.15, 0.2) is 51.9 Å². The minimum Gasteiger partial charge on any atom is -0.467 e. The second-order valence-electron chi connectivity index (χ2n) is 6.49. The summed E-state index contributed by atoms with van der Waals surface area (Å²) < 4.78 is 10.8. The highest BCUT2D eigenvalue weighted by Crippen LogP contribution is 2.30. The maximum Gasteiger partial charge on any atom is 0.318 e. The Balaban J connectivity index is 1.41. The van der Waals surface area contributed by atoms with Crippen LogP contribution in [-0.4, -0.2) is 32.6 Å². The summed E-state index contributed by atoms with van der Waals surface area (Å²) in [6, 6.07) is 7.24. The Hall–Kier alpha value is -3.16. The fourth-order valence-corrected chi connectivity index (χ4v) is 3.32. The number of amides is 2. The third-order valence-electron chi connectivity index (χ3n) is 4.66. The van der Waals surface area contributed by atoms with E-state index in [1.807, 2.05) is 23.1 Å². The first-order valence-electron chi connectivity index (χ1n) is 9.12. The van der Waals surface area contributed by atoms with Crippen molar-refractivity contribution in [2.75, 3.05) is 6.54 Å². The van der Waals surface area contributed by atoms with E-state index in [0.717, 1.165) is 37.0 Å². The summed E-state index contributed by atoms with van der Waals surface area (Å²) in [5.74, 6) is 1.63. The molecule has 1 aliphatic heterocycles. The topological polar surface area (TPSA) is 97.3 Å². The average molecular weight is 367 g/mol. The molecule has 0 bridgehead atoms. The molecule has 1 N–H and O–H groups in total. The van der Waals surface area contributed by atoms with Crippen LogP contribution in [0.2, 0.25) is 0 Å². The van der Waals surface area contributed by atoms with Crippen molar-refractivity contribution >= 4 is 6.03 Å². The normalized spacial score (nSPS) is 17.5. The number of rotatable bonds is 4. The Morgan fingerprint density at radius 3 is 3.04 bits per heavy atom. The SMILES string of the molecule is O=C(NCc1nc(-c2cccnc2)no1)N1CCCCC[C@H]1c1ccco1. The summed E-state index contributed by atoms with van der Waals surface area (Å²) in [6.07, 6.45) is 9.06. The number of nitrogens with one attached hydrogen (secondary N) is 1. The van der Waals surface area contributed by atoms with E-state index >= 15 is 0 Å². The van der Waals surface area contributed by atoms with Gasteiger partial charge in [-0.1, -0.05) is 18.0 Å². The largest absolute Gasteiger partial charge is 0.467 e. The number of nitrogens with zero attached hydrogens (tertiary/aromatic N) is 4. The van der Waals surface area contributed by atoms with E-state index in [9.17, 15) is 4.79 Å². The molecule has 8 nitrogen and oxygen atoms in total. The lowest BCUT2D eigenvalue weighted by Crippen LogP contribution is -2.41. The third kappa shape index (κ3) is 3.99. The molecule has 4 heterocycles. The van der Waals surface area contributed by atoms with Crippen LogP contribution < -0.4 is 5.32 Å². The molecule has 0 aliphatic carbocycles. The maximum absolute atomic E-state index is 12.8. The van der Waals surface area contributed by atoms with Crippen LogP contribution in [0.4, 0.5) is 4.79 Å². The zero-order valence-corrected chi connectivity index (χ0v) is 14.9. The van der Waals surface area contributed by atoms with Crippen molar-refractivity contribution in [2.45, 2.75) is 38.3 Å². The lowest BCUT2D eigenvalue weighted by molar-refractivity contribution is 0.164. The molecule has 1 aliphatic rings. The van der Waals surface area contributed by atoms with Crippen LogP contribution in [0, 0.1) is 0 Å². The van der Waals surface area contributed by atoms with Gasteiger partial charge in [-0.25, -0.2) is 4.79 Å². The Morgan fingerprint density at radius 1 is 1.26 bits per heavy atom. The highest BCUT2D eigenvalue weighted by molar-refractivity contribution is 5.74. The molecule has 0 spiro atoms. The number of carbonyl (C=O) groups excluding carboxylic acids is 1. The molecule has 0 saturated carbocycles. The smallest absolute Gasteiger partial charge is 0.318 e. The van der Waals surface area contributed by atoms with Crippen LogP contribution in [0.3, 0.4) is 0 Å². The Kier molecular flexibility index (Phi) is 5.13. The number of aromatic nitrogens is 3. The van der Waals surface area contributed by atoms with Crippen molar-refractivity contribution in [3.63, 3.8) is 0 Å². The molecule has 27 heavy (non-hydrogen) atoms. The summed E-state index contributed by atoms with van der Waals surface area (Å²) in [6.45, 7) is 0.870. The second kappa shape index (κ2) is 8.03. The molecular formula is C19H21N5O3. The van der Waals surface area contributed by atoms with Crippen LogP contribution in [-0.2, 0) is 6.54 Å². The standard InChI is InChI=1S/C19H21N5O3/c25-19(24-10-3-1-2-7-15(24)16-8-5-11-26-16)21-13-17-22-18(23-27-17)14-6-4-9-20-12-14/h4-6,8-9,11-12,15H,1-3,7,10,13H2,(H,21,25)/t15-/m0/s1. The lowest BCUT2D eigenvalue weighted by atomic mass is 10.1. The summed E-state index contributed by atoms with van der Waals surface area (Å²) in [5, 5.41) is 6.83. The van der Waals surface area contributed by atoms with E-state index < -0.39 is 0 Å². The highest BCUT2D eigenvalue weighted by Gasteiger charge is 2.28. The summed E-state index contributed by atoms with van der Waals surface area (Å²) in [4.78, 5) is 23.0. The number of likely N-dealkylation sites (tertiary alicyclic amines) is 1. The summed E-state index contributed by atoms with van der Waals surface area (Å²) in [7, 11) is 0. The van der Waals surface area contributed by atoms with E-state index in [2.05, 4.69) is 20.4 Å². The minimum atomic E-state index is -0.153. The minimum absolute atomic E-state index is 0.0452. The molecule has 1 saturated heterocycles. The molecule has 0 unspecified atom stereocenters. The monoisotopic (exact) mass is 367 g/mol. The fourth-order valence-electron chi connectivity index (χ4n) is 3.32. The fraction of sp³-hybridized carbons (Fsp3) is 0.368. The lowest BCUT2D eigenvalue weighted by Gasteiger charge is -2.28. The summed E-state index contributed by atoms with van der Waals surface area (Å²) in [5.41, 5.74) is 0.768. The van der Waals surface area contributed by atoms with Crippen molar-refractivity contribution in [1.29, 1.82) is 0 Å². The first-order valence-corrected chi connectivity index (χ1v) is 9.12. The van der Waals surface area contributed by atoms with Crippen molar-refractivity contribution in [2.24, 2.45) is 0 Å². The average Bonchev–Trinajstić information content (AvgIpc) is 3.35. The first-order chi connectivity index (χ1) is 13.3. The number of urea groups is 1. The Bertz CT molecular complexity index is 863. The number of hydrogen-bond donors (Lipinski definition) is 1. The number of hydrogen-bond acceptors (Lipinski definition) is 6.